The average Bonchev–Trinajstić information content (AvgIpc) is 3.21. The van der Waals surface area contributed by atoms with Crippen molar-refractivity contribution in [2.75, 3.05) is 5.32 Å². The van der Waals surface area contributed by atoms with E-state index in [0.29, 0.717) is 12.1 Å². The molecule has 4 heteroatoms. The number of amides is 1. The average molecular weight is 392 g/mol. The first kappa shape index (κ1) is 20.0. The van der Waals surface area contributed by atoms with E-state index in [1.54, 1.807) is 11.3 Å². The van der Waals surface area contributed by atoms with Crippen LogP contribution in [0, 0.1) is 0 Å². The Kier molecular flexibility index (Phi) is 6.10. The number of rotatable bonds is 6. The van der Waals surface area contributed by atoms with Crippen molar-refractivity contribution in [2.45, 2.75) is 39.0 Å². The van der Waals surface area contributed by atoms with E-state index in [1.165, 1.54) is 10.4 Å². The van der Waals surface area contributed by atoms with Crippen molar-refractivity contribution in [1.82, 2.24) is 0 Å². The zero-order chi connectivity index (χ0) is 20.1. The summed E-state index contributed by atoms with van der Waals surface area (Å²) in [5, 5.41) is 4.72. The highest BCUT2D eigenvalue weighted by molar-refractivity contribution is 7.13. The molecule has 0 atom stereocenters. The van der Waals surface area contributed by atoms with Crippen LogP contribution in [0.1, 0.15) is 38.3 Å². The number of nitrogens with one attached hydrogen (secondary N) is 1. The fourth-order valence-corrected chi connectivity index (χ4v) is 3.64. The molecule has 1 heterocycles. The molecule has 0 saturated heterocycles. The molecule has 3 nitrogen and oxygen atoms in total. The van der Waals surface area contributed by atoms with Gasteiger partial charge in [-0.2, -0.15) is 0 Å². The minimum absolute atomic E-state index is 0.104. The predicted molar refractivity (Wildman–Crippen MR) is 117 cm³/mol. The third-order valence-corrected chi connectivity index (χ3v) is 5.58. The third-order valence-electron chi connectivity index (χ3n) is 4.66. The third kappa shape index (κ3) is 5.17. The molecule has 0 bridgehead atoms. The maximum Gasteiger partial charge on any atom is 0.291 e. The molecule has 2 aromatic carbocycles. The number of anilines is 1. The van der Waals surface area contributed by atoms with Crippen molar-refractivity contribution in [2.24, 2.45) is 0 Å². The summed E-state index contributed by atoms with van der Waals surface area (Å²) in [6.07, 6.45) is 0.766. The van der Waals surface area contributed by atoms with E-state index >= 15 is 0 Å². The number of hydrogen-bond acceptors (Lipinski definition) is 3. The molecule has 0 saturated carbocycles. The summed E-state index contributed by atoms with van der Waals surface area (Å²) >= 11 is 1.67. The lowest BCUT2D eigenvalue weighted by atomic mass is 9.86. The van der Waals surface area contributed by atoms with Gasteiger partial charge in [-0.25, -0.2) is 0 Å². The zero-order valence-electron chi connectivity index (χ0n) is 16.5. The molecule has 0 aliphatic heterocycles. The van der Waals surface area contributed by atoms with E-state index in [9.17, 15) is 9.59 Å². The Morgan fingerprint density at radius 2 is 1.61 bits per heavy atom. The lowest BCUT2D eigenvalue weighted by Gasteiger charge is -2.19. The van der Waals surface area contributed by atoms with Crippen molar-refractivity contribution < 1.29 is 9.59 Å². The monoisotopic (exact) mass is 391 g/mol. The van der Waals surface area contributed by atoms with Crippen LogP contribution in [0.25, 0.3) is 10.4 Å². The van der Waals surface area contributed by atoms with Crippen LogP contribution in [0.5, 0.6) is 0 Å². The number of hydrogen-bond donors (Lipinski definition) is 1. The SMILES string of the molecule is CC(C)(C)c1ccc(CCC(=O)C(=O)Nc2ccc(-c3cccs3)cc2)cc1. The standard InChI is InChI=1S/C24H25NO2S/c1-24(2,3)19-11-6-17(7-12-19)8-15-21(26)23(27)25-20-13-9-18(10-14-20)22-5-4-16-28-22/h4-7,9-14,16H,8,15H2,1-3H3,(H,25,27). The number of carbonyl (C=O) groups excluding carboxylic acids is 2. The van der Waals surface area contributed by atoms with E-state index < -0.39 is 11.7 Å². The Hall–Kier alpha value is -2.72. The van der Waals surface area contributed by atoms with Gasteiger partial charge in [0.2, 0.25) is 5.78 Å². The lowest BCUT2D eigenvalue weighted by molar-refractivity contribution is -0.134. The zero-order valence-corrected chi connectivity index (χ0v) is 17.3. The molecular formula is C24H25NO2S. The first-order valence-electron chi connectivity index (χ1n) is 9.40. The summed E-state index contributed by atoms with van der Waals surface area (Å²) in [6.45, 7) is 6.51. The highest BCUT2D eigenvalue weighted by Crippen LogP contribution is 2.26. The van der Waals surface area contributed by atoms with Gasteiger partial charge in [0.1, 0.15) is 0 Å². The first-order valence-corrected chi connectivity index (χ1v) is 10.3. The molecule has 0 radical (unpaired) electrons. The molecule has 3 rings (SSSR count). The maximum absolute atomic E-state index is 12.2. The molecule has 1 aromatic heterocycles. The van der Waals surface area contributed by atoms with E-state index in [0.717, 1.165) is 11.1 Å². The summed E-state index contributed by atoms with van der Waals surface area (Å²) in [5.74, 6) is -0.961. The highest BCUT2D eigenvalue weighted by atomic mass is 32.1. The minimum atomic E-state index is -0.560. The van der Waals surface area contributed by atoms with Gasteiger partial charge in [-0.3, -0.25) is 9.59 Å². The number of benzene rings is 2. The normalized spacial score (nSPS) is 11.2. The molecule has 28 heavy (non-hydrogen) atoms. The van der Waals surface area contributed by atoms with Gasteiger partial charge in [-0.15, -0.1) is 11.3 Å². The largest absolute Gasteiger partial charge is 0.319 e. The number of ketones is 1. The van der Waals surface area contributed by atoms with Gasteiger partial charge in [-0.1, -0.05) is 63.2 Å². The topological polar surface area (TPSA) is 46.2 Å². The lowest BCUT2D eigenvalue weighted by Crippen LogP contribution is -2.23. The van der Waals surface area contributed by atoms with Crippen LogP contribution in [0.15, 0.2) is 66.0 Å². The summed E-state index contributed by atoms with van der Waals surface area (Å²) in [5.41, 5.74) is 4.15. The van der Waals surface area contributed by atoms with Gasteiger partial charge in [0.15, 0.2) is 0 Å². The fraction of sp³-hybridized carbons (Fsp3) is 0.250. The second kappa shape index (κ2) is 8.53. The quantitative estimate of drug-likeness (QED) is 0.536. The molecule has 144 valence electrons. The van der Waals surface area contributed by atoms with Crippen LogP contribution in [-0.2, 0) is 21.4 Å². The van der Waals surface area contributed by atoms with Crippen molar-refractivity contribution in [1.29, 1.82) is 0 Å². The molecule has 0 aliphatic carbocycles. The van der Waals surface area contributed by atoms with Gasteiger partial charge in [0.05, 0.1) is 0 Å². The molecule has 0 spiro atoms. The van der Waals surface area contributed by atoms with Crippen LogP contribution in [-0.4, -0.2) is 11.7 Å². The van der Waals surface area contributed by atoms with E-state index in [2.05, 4.69) is 44.3 Å². The minimum Gasteiger partial charge on any atom is -0.319 e. The Morgan fingerprint density at radius 3 is 2.18 bits per heavy atom. The maximum atomic E-state index is 12.2. The number of Topliss-reactive ketones (excluding diaryl/α,β-unsaturated/α-hetero) is 1. The van der Waals surface area contributed by atoms with Gasteiger partial charge >= 0.3 is 0 Å². The van der Waals surface area contributed by atoms with Crippen LogP contribution in [0.2, 0.25) is 0 Å². The Bertz CT molecular complexity index is 934. The fourth-order valence-electron chi connectivity index (χ4n) is 2.90. The first-order chi connectivity index (χ1) is 13.3. The molecule has 0 unspecified atom stereocenters. The Morgan fingerprint density at radius 1 is 0.929 bits per heavy atom. The molecule has 1 N–H and O–H groups in total. The Balaban J connectivity index is 1.52. The van der Waals surface area contributed by atoms with Crippen LogP contribution in [0.4, 0.5) is 5.69 Å². The highest BCUT2D eigenvalue weighted by Gasteiger charge is 2.15. The van der Waals surface area contributed by atoms with Gasteiger partial charge in [-0.05, 0) is 52.1 Å². The van der Waals surface area contributed by atoms with E-state index in [-0.39, 0.29) is 11.8 Å². The predicted octanol–water partition coefficient (Wildman–Crippen LogP) is 5.85. The molecule has 3 aromatic rings. The molecule has 1 amide bonds. The van der Waals surface area contributed by atoms with Gasteiger partial charge in [0, 0.05) is 17.0 Å². The summed E-state index contributed by atoms with van der Waals surface area (Å²) < 4.78 is 0. The van der Waals surface area contributed by atoms with E-state index in [4.69, 9.17) is 0 Å². The second-order valence-corrected chi connectivity index (χ2v) is 8.83. The molecule has 0 fully saturated rings. The van der Waals surface area contributed by atoms with Gasteiger partial charge in [0.25, 0.3) is 5.91 Å². The summed E-state index contributed by atoms with van der Waals surface area (Å²) in [7, 11) is 0. The summed E-state index contributed by atoms with van der Waals surface area (Å²) in [4.78, 5) is 25.5. The van der Waals surface area contributed by atoms with Crippen LogP contribution in [0.3, 0.4) is 0 Å². The number of thiophene rings is 1. The van der Waals surface area contributed by atoms with Crippen molar-refractivity contribution >= 4 is 28.7 Å². The van der Waals surface area contributed by atoms with Gasteiger partial charge < -0.3 is 5.32 Å². The molecule has 0 aliphatic rings. The Labute approximate surface area is 170 Å². The van der Waals surface area contributed by atoms with Crippen molar-refractivity contribution in [3.8, 4) is 10.4 Å². The number of carbonyl (C=O) groups is 2. The smallest absolute Gasteiger partial charge is 0.291 e. The number of aryl methyl sites for hydroxylation is 1. The van der Waals surface area contributed by atoms with Crippen LogP contribution >= 0.6 is 11.3 Å². The van der Waals surface area contributed by atoms with Crippen molar-refractivity contribution in [3.63, 3.8) is 0 Å². The van der Waals surface area contributed by atoms with Crippen molar-refractivity contribution in [3.05, 3.63) is 77.2 Å². The van der Waals surface area contributed by atoms with E-state index in [1.807, 2.05) is 47.8 Å². The van der Waals surface area contributed by atoms with Crippen LogP contribution < -0.4 is 5.32 Å². The second-order valence-electron chi connectivity index (χ2n) is 7.88. The molecular weight excluding hydrogens is 366 g/mol. The summed E-state index contributed by atoms with van der Waals surface area (Å²) in [6, 6.07) is 19.9.